The van der Waals surface area contributed by atoms with Crippen LogP contribution in [0.1, 0.15) is 40.2 Å². The SMILES string of the molecule is N=C(N)c1cccc(C2CCN(C(=O)c3ccc(-c4ccc(=O)[nH]n4)cc3)CC2)c1OC(=O)C(F)(F)F. The number of para-hydroxylation sites is 1. The molecule has 2 heterocycles. The molecule has 12 heteroatoms. The number of piperidine rings is 1. The van der Waals surface area contributed by atoms with Gasteiger partial charge in [0.25, 0.3) is 11.5 Å². The number of esters is 1. The van der Waals surface area contributed by atoms with E-state index in [1.165, 1.54) is 24.3 Å². The fraction of sp³-hybridized carbons (Fsp3) is 0.240. The lowest BCUT2D eigenvalue weighted by atomic mass is 9.87. The average Bonchev–Trinajstić information content (AvgIpc) is 2.88. The fourth-order valence-corrected chi connectivity index (χ4v) is 4.22. The van der Waals surface area contributed by atoms with Gasteiger partial charge in [-0.05, 0) is 48.6 Å². The number of aromatic amines is 1. The smallest absolute Gasteiger partial charge is 0.419 e. The van der Waals surface area contributed by atoms with E-state index in [2.05, 4.69) is 14.9 Å². The van der Waals surface area contributed by atoms with Crippen LogP contribution in [-0.4, -0.2) is 52.1 Å². The summed E-state index contributed by atoms with van der Waals surface area (Å²) < 4.78 is 43.2. The summed E-state index contributed by atoms with van der Waals surface area (Å²) in [6.07, 6.45) is -4.40. The van der Waals surface area contributed by atoms with E-state index < -0.39 is 18.0 Å². The van der Waals surface area contributed by atoms with Crippen molar-refractivity contribution in [2.45, 2.75) is 24.9 Å². The minimum absolute atomic E-state index is 0.106. The minimum atomic E-state index is -5.21. The van der Waals surface area contributed by atoms with Crippen LogP contribution < -0.4 is 16.0 Å². The first-order valence-corrected chi connectivity index (χ1v) is 11.3. The van der Waals surface area contributed by atoms with E-state index in [4.69, 9.17) is 11.1 Å². The van der Waals surface area contributed by atoms with E-state index in [-0.39, 0.29) is 28.7 Å². The van der Waals surface area contributed by atoms with E-state index in [1.54, 1.807) is 35.2 Å². The van der Waals surface area contributed by atoms with Gasteiger partial charge in [-0.15, -0.1) is 0 Å². The number of hydrogen-bond acceptors (Lipinski definition) is 6. The molecule has 0 radical (unpaired) electrons. The number of nitrogens with one attached hydrogen (secondary N) is 2. The van der Waals surface area contributed by atoms with Crippen molar-refractivity contribution >= 4 is 17.7 Å². The van der Waals surface area contributed by atoms with Gasteiger partial charge in [0.2, 0.25) is 0 Å². The molecule has 1 amide bonds. The Morgan fingerprint density at radius 2 is 1.73 bits per heavy atom. The van der Waals surface area contributed by atoms with Crippen molar-refractivity contribution in [2.24, 2.45) is 5.73 Å². The quantitative estimate of drug-likeness (QED) is 0.207. The van der Waals surface area contributed by atoms with Crippen molar-refractivity contribution in [3.05, 3.63) is 81.6 Å². The third kappa shape index (κ3) is 5.68. The molecule has 0 saturated carbocycles. The number of benzene rings is 2. The number of nitrogens with zero attached hydrogens (tertiary/aromatic N) is 2. The molecule has 192 valence electrons. The Bertz CT molecular complexity index is 1370. The maximum Gasteiger partial charge on any atom is 0.491 e. The number of carbonyl (C=O) groups is 2. The summed E-state index contributed by atoms with van der Waals surface area (Å²) in [7, 11) is 0. The van der Waals surface area contributed by atoms with E-state index in [0.29, 0.717) is 42.8 Å². The molecule has 1 aromatic heterocycles. The van der Waals surface area contributed by atoms with Gasteiger partial charge in [-0.1, -0.05) is 24.3 Å². The maximum atomic E-state index is 13.0. The van der Waals surface area contributed by atoms with Gasteiger partial charge < -0.3 is 15.4 Å². The summed E-state index contributed by atoms with van der Waals surface area (Å²) in [6.45, 7) is 0.646. The van der Waals surface area contributed by atoms with E-state index in [0.717, 1.165) is 5.56 Å². The first-order chi connectivity index (χ1) is 17.5. The van der Waals surface area contributed by atoms with Crippen LogP contribution in [-0.2, 0) is 4.79 Å². The predicted octanol–water partition coefficient (Wildman–Crippen LogP) is 3.21. The number of H-pyrrole nitrogens is 1. The first-order valence-electron chi connectivity index (χ1n) is 11.3. The van der Waals surface area contributed by atoms with Gasteiger partial charge >= 0.3 is 12.1 Å². The van der Waals surface area contributed by atoms with Crippen molar-refractivity contribution in [3.63, 3.8) is 0 Å². The van der Waals surface area contributed by atoms with E-state index >= 15 is 0 Å². The summed E-state index contributed by atoms with van der Waals surface area (Å²) in [5.74, 6) is -3.82. The molecule has 1 aliphatic heterocycles. The number of ether oxygens (including phenoxy) is 1. The van der Waals surface area contributed by atoms with Gasteiger partial charge in [0.15, 0.2) is 0 Å². The molecule has 9 nitrogen and oxygen atoms in total. The monoisotopic (exact) mass is 513 g/mol. The Hall–Kier alpha value is -4.48. The number of halogens is 3. The third-order valence-corrected chi connectivity index (χ3v) is 6.09. The molecule has 0 spiro atoms. The fourth-order valence-electron chi connectivity index (χ4n) is 4.22. The van der Waals surface area contributed by atoms with E-state index in [9.17, 15) is 27.6 Å². The van der Waals surface area contributed by atoms with Crippen molar-refractivity contribution in [3.8, 4) is 17.0 Å². The normalized spacial score (nSPS) is 14.3. The van der Waals surface area contributed by atoms with Gasteiger partial charge in [0.1, 0.15) is 11.6 Å². The number of amidine groups is 1. The van der Waals surface area contributed by atoms with Gasteiger partial charge in [-0.2, -0.15) is 18.3 Å². The zero-order valence-electron chi connectivity index (χ0n) is 19.3. The van der Waals surface area contributed by atoms with Crippen molar-refractivity contribution < 1.29 is 27.5 Å². The molecule has 0 unspecified atom stereocenters. The van der Waals surface area contributed by atoms with Crippen LogP contribution in [0.2, 0.25) is 0 Å². The Labute approximate surface area is 208 Å². The highest BCUT2D eigenvalue weighted by Crippen LogP contribution is 2.37. The molecule has 4 rings (SSSR count). The Balaban J connectivity index is 1.47. The molecule has 1 aliphatic rings. The first kappa shape index (κ1) is 25.6. The summed E-state index contributed by atoms with van der Waals surface area (Å²) >= 11 is 0. The number of alkyl halides is 3. The average molecular weight is 513 g/mol. The molecule has 0 bridgehead atoms. The summed E-state index contributed by atoms with van der Waals surface area (Å²) in [5, 5.41) is 14.0. The standard InChI is InChI=1S/C25H22F3N5O4/c26-25(27,28)24(36)37-21-17(2-1-3-18(21)22(29)30)14-10-12-33(13-11-14)23(35)16-6-4-15(5-7-16)19-8-9-20(34)32-31-19/h1-9,14H,10-13H2,(H3,29,30)(H,32,34). The van der Waals surface area contributed by atoms with Gasteiger partial charge in [0, 0.05) is 30.3 Å². The van der Waals surface area contributed by atoms with Crippen LogP contribution >= 0.6 is 0 Å². The number of nitrogens with two attached hydrogens (primary N) is 1. The number of likely N-dealkylation sites (tertiary alicyclic amines) is 1. The predicted molar refractivity (Wildman–Crippen MR) is 127 cm³/mol. The topological polar surface area (TPSA) is 142 Å². The van der Waals surface area contributed by atoms with Crippen LogP contribution in [0.15, 0.2) is 59.4 Å². The molecule has 2 aromatic carbocycles. The lowest BCUT2D eigenvalue weighted by molar-refractivity contribution is -0.189. The van der Waals surface area contributed by atoms with Crippen LogP contribution in [0.25, 0.3) is 11.3 Å². The molecule has 1 fully saturated rings. The highest BCUT2D eigenvalue weighted by molar-refractivity contribution is 5.99. The number of aromatic nitrogens is 2. The van der Waals surface area contributed by atoms with Crippen molar-refractivity contribution in [1.82, 2.24) is 15.1 Å². The maximum absolute atomic E-state index is 13.0. The second-order valence-electron chi connectivity index (χ2n) is 8.48. The van der Waals surface area contributed by atoms with E-state index in [1.807, 2.05) is 0 Å². The summed E-state index contributed by atoms with van der Waals surface area (Å²) in [4.78, 5) is 37.4. The van der Waals surface area contributed by atoms with Gasteiger partial charge in [-0.25, -0.2) is 9.89 Å². The molecule has 0 atom stereocenters. The number of carbonyl (C=O) groups excluding carboxylic acids is 2. The molecule has 37 heavy (non-hydrogen) atoms. The lowest BCUT2D eigenvalue weighted by Gasteiger charge is -2.33. The molecule has 1 saturated heterocycles. The molecular weight excluding hydrogens is 491 g/mol. The van der Waals surface area contributed by atoms with Crippen molar-refractivity contribution in [1.29, 1.82) is 5.41 Å². The van der Waals surface area contributed by atoms with Crippen LogP contribution in [0.4, 0.5) is 13.2 Å². The highest BCUT2D eigenvalue weighted by atomic mass is 19.4. The zero-order valence-corrected chi connectivity index (χ0v) is 19.3. The largest absolute Gasteiger partial charge is 0.491 e. The molecular formula is C25H22F3N5O4. The molecule has 4 N–H and O–H groups in total. The molecule has 3 aromatic rings. The Morgan fingerprint density at radius 1 is 1.05 bits per heavy atom. The van der Waals surface area contributed by atoms with Crippen molar-refractivity contribution in [2.75, 3.05) is 13.1 Å². The zero-order chi connectivity index (χ0) is 26.7. The number of nitrogen functional groups attached to an aromatic ring is 1. The van der Waals surface area contributed by atoms with Crippen LogP contribution in [0, 0.1) is 5.41 Å². The molecule has 0 aliphatic carbocycles. The number of hydrogen-bond donors (Lipinski definition) is 3. The van der Waals surface area contributed by atoms with Gasteiger partial charge in [0.05, 0.1) is 11.3 Å². The minimum Gasteiger partial charge on any atom is -0.419 e. The summed E-state index contributed by atoms with van der Waals surface area (Å²) in [6, 6.07) is 14.1. The Morgan fingerprint density at radius 3 is 2.30 bits per heavy atom. The highest BCUT2D eigenvalue weighted by Gasteiger charge is 2.42. The number of amides is 1. The number of rotatable bonds is 5. The summed E-state index contributed by atoms with van der Waals surface area (Å²) in [5.41, 5.74) is 7.14. The Kier molecular flexibility index (Phi) is 7.09. The third-order valence-electron chi connectivity index (χ3n) is 6.09. The van der Waals surface area contributed by atoms with Crippen LogP contribution in [0.3, 0.4) is 0 Å². The van der Waals surface area contributed by atoms with Gasteiger partial charge in [-0.3, -0.25) is 15.0 Å². The van der Waals surface area contributed by atoms with Crippen LogP contribution in [0.5, 0.6) is 5.75 Å². The second kappa shape index (κ2) is 10.2. The second-order valence-corrected chi connectivity index (χ2v) is 8.48. The lowest BCUT2D eigenvalue weighted by Crippen LogP contribution is -2.38.